The fourth-order valence-electron chi connectivity index (χ4n) is 3.02. The summed E-state index contributed by atoms with van der Waals surface area (Å²) in [7, 11) is 0. The van der Waals surface area contributed by atoms with E-state index < -0.39 is 5.92 Å². The first-order chi connectivity index (χ1) is 10.8. The number of nitriles is 1. The van der Waals surface area contributed by atoms with Crippen molar-refractivity contribution < 1.29 is 4.79 Å². The molecule has 0 fully saturated rings. The van der Waals surface area contributed by atoms with Gasteiger partial charge in [0.2, 0.25) is 11.9 Å². The van der Waals surface area contributed by atoms with Crippen molar-refractivity contribution in [3.8, 4) is 6.07 Å². The van der Waals surface area contributed by atoms with Gasteiger partial charge in [0.05, 0.1) is 23.1 Å². The van der Waals surface area contributed by atoms with Gasteiger partial charge in [0.1, 0.15) is 0 Å². The van der Waals surface area contributed by atoms with Crippen molar-refractivity contribution in [1.82, 2.24) is 9.55 Å². The van der Waals surface area contributed by atoms with Gasteiger partial charge >= 0.3 is 0 Å². The first kappa shape index (κ1) is 12.6. The first-order valence-electron chi connectivity index (χ1n) is 7.02. The molecular formula is C17H12N4O. The van der Waals surface area contributed by atoms with E-state index in [-0.39, 0.29) is 11.9 Å². The highest BCUT2D eigenvalue weighted by Crippen LogP contribution is 2.37. The van der Waals surface area contributed by atoms with Crippen molar-refractivity contribution in [2.75, 3.05) is 5.32 Å². The molecule has 1 aromatic heterocycles. The Labute approximate surface area is 126 Å². The van der Waals surface area contributed by atoms with Gasteiger partial charge in [-0.25, -0.2) is 4.98 Å². The van der Waals surface area contributed by atoms with Crippen LogP contribution < -0.4 is 5.32 Å². The van der Waals surface area contributed by atoms with Crippen LogP contribution in [0.15, 0.2) is 54.6 Å². The number of hydrogen-bond donors (Lipinski definition) is 1. The van der Waals surface area contributed by atoms with Gasteiger partial charge in [-0.1, -0.05) is 42.5 Å². The van der Waals surface area contributed by atoms with E-state index in [0.29, 0.717) is 5.95 Å². The number of rotatable bonds is 1. The minimum atomic E-state index is -0.785. The van der Waals surface area contributed by atoms with Crippen LogP contribution in [-0.2, 0) is 4.79 Å². The Morgan fingerprint density at radius 1 is 1.09 bits per heavy atom. The summed E-state index contributed by atoms with van der Waals surface area (Å²) in [4.78, 5) is 16.7. The number of carbonyl (C=O) groups excluding carboxylic acids is 1. The Kier molecular flexibility index (Phi) is 2.70. The van der Waals surface area contributed by atoms with Crippen molar-refractivity contribution >= 4 is 22.9 Å². The summed E-state index contributed by atoms with van der Waals surface area (Å²) in [5, 5.41) is 12.2. The Morgan fingerprint density at radius 3 is 2.59 bits per heavy atom. The van der Waals surface area contributed by atoms with E-state index in [1.807, 2.05) is 59.2 Å². The monoisotopic (exact) mass is 288 g/mol. The topological polar surface area (TPSA) is 70.7 Å². The fraction of sp³-hybridized carbons (Fsp3) is 0.118. The van der Waals surface area contributed by atoms with E-state index in [1.165, 1.54) is 0 Å². The summed E-state index contributed by atoms with van der Waals surface area (Å²) >= 11 is 0. The Morgan fingerprint density at radius 2 is 1.82 bits per heavy atom. The molecule has 0 spiro atoms. The molecule has 106 valence electrons. The number of para-hydroxylation sites is 2. The van der Waals surface area contributed by atoms with Crippen LogP contribution in [-0.4, -0.2) is 15.5 Å². The lowest BCUT2D eigenvalue weighted by Crippen LogP contribution is -2.37. The van der Waals surface area contributed by atoms with Crippen molar-refractivity contribution in [2.45, 2.75) is 6.04 Å². The number of fused-ring (bicyclic) bond motifs is 3. The van der Waals surface area contributed by atoms with Crippen molar-refractivity contribution in [1.29, 1.82) is 5.26 Å². The van der Waals surface area contributed by atoms with Gasteiger partial charge in [-0.2, -0.15) is 5.26 Å². The molecule has 1 N–H and O–H groups in total. The smallest absolute Gasteiger partial charge is 0.246 e. The molecule has 5 heteroatoms. The average molecular weight is 288 g/mol. The van der Waals surface area contributed by atoms with Gasteiger partial charge in [0, 0.05) is 0 Å². The standard InChI is InChI=1S/C17H12N4O/c18-10-12-15(11-6-2-1-3-7-11)21-14-9-5-4-8-13(14)19-17(21)20-16(12)22/h1-9,12,15H,(H,19,20,22)/t12-,15-/m1/s1. The van der Waals surface area contributed by atoms with Crippen LogP contribution in [0.25, 0.3) is 11.0 Å². The number of nitrogens with zero attached hydrogens (tertiary/aromatic N) is 3. The Hall–Kier alpha value is -3.13. The number of amides is 1. The molecule has 2 heterocycles. The van der Waals surface area contributed by atoms with Gasteiger partial charge < -0.3 is 4.57 Å². The number of hydrogen-bond acceptors (Lipinski definition) is 3. The molecule has 0 bridgehead atoms. The maximum absolute atomic E-state index is 12.3. The lowest BCUT2D eigenvalue weighted by atomic mass is 9.91. The van der Waals surface area contributed by atoms with Crippen LogP contribution in [0.3, 0.4) is 0 Å². The zero-order valence-electron chi connectivity index (χ0n) is 11.6. The number of carbonyl (C=O) groups is 1. The van der Waals surface area contributed by atoms with Crippen LogP contribution in [0, 0.1) is 17.2 Å². The molecule has 3 aromatic rings. The van der Waals surface area contributed by atoms with Gasteiger partial charge in [-0.15, -0.1) is 0 Å². The van der Waals surface area contributed by atoms with E-state index in [4.69, 9.17) is 0 Å². The molecule has 0 radical (unpaired) electrons. The maximum atomic E-state index is 12.3. The maximum Gasteiger partial charge on any atom is 0.246 e. The van der Waals surface area contributed by atoms with E-state index >= 15 is 0 Å². The quantitative estimate of drug-likeness (QED) is 0.748. The van der Waals surface area contributed by atoms with Gasteiger partial charge in [0.25, 0.3) is 0 Å². The van der Waals surface area contributed by atoms with Crippen LogP contribution >= 0.6 is 0 Å². The number of anilines is 1. The van der Waals surface area contributed by atoms with Crippen LogP contribution in [0.5, 0.6) is 0 Å². The molecule has 0 aliphatic carbocycles. The summed E-state index contributed by atoms with van der Waals surface area (Å²) in [5.74, 6) is -0.599. The molecule has 2 aromatic carbocycles. The van der Waals surface area contributed by atoms with E-state index in [9.17, 15) is 10.1 Å². The second-order valence-corrected chi connectivity index (χ2v) is 5.25. The third-order valence-corrected chi connectivity index (χ3v) is 3.99. The molecular weight excluding hydrogens is 276 g/mol. The van der Waals surface area contributed by atoms with Crippen LogP contribution in [0.4, 0.5) is 5.95 Å². The lowest BCUT2D eigenvalue weighted by Gasteiger charge is -2.29. The molecule has 1 aliphatic rings. The molecule has 1 amide bonds. The third kappa shape index (κ3) is 1.71. The fourth-order valence-corrected chi connectivity index (χ4v) is 3.02. The summed E-state index contributed by atoms with van der Waals surface area (Å²) in [6.07, 6.45) is 0. The third-order valence-electron chi connectivity index (χ3n) is 3.99. The van der Waals surface area contributed by atoms with E-state index in [0.717, 1.165) is 16.6 Å². The summed E-state index contributed by atoms with van der Waals surface area (Å²) < 4.78 is 1.94. The molecule has 4 rings (SSSR count). The Bertz CT molecular complexity index is 907. The highest BCUT2D eigenvalue weighted by Gasteiger charge is 2.38. The van der Waals surface area contributed by atoms with Crippen LogP contribution in [0.1, 0.15) is 11.6 Å². The highest BCUT2D eigenvalue weighted by molar-refractivity contribution is 5.97. The predicted octanol–water partition coefficient (Wildman–Crippen LogP) is 2.72. The number of aromatic nitrogens is 2. The van der Waals surface area contributed by atoms with E-state index in [2.05, 4.69) is 16.4 Å². The van der Waals surface area contributed by atoms with Crippen LogP contribution in [0.2, 0.25) is 0 Å². The molecule has 5 nitrogen and oxygen atoms in total. The number of imidazole rings is 1. The molecule has 0 unspecified atom stereocenters. The van der Waals surface area contributed by atoms with Gasteiger partial charge in [0.15, 0.2) is 5.92 Å². The summed E-state index contributed by atoms with van der Waals surface area (Å²) in [5.41, 5.74) is 2.64. The van der Waals surface area contributed by atoms with Gasteiger partial charge in [-0.05, 0) is 17.7 Å². The molecule has 0 saturated carbocycles. The number of nitrogens with one attached hydrogen (secondary N) is 1. The number of benzene rings is 2. The summed E-state index contributed by atoms with van der Waals surface area (Å²) in [6, 6.07) is 19.1. The average Bonchev–Trinajstić information content (AvgIpc) is 2.92. The largest absolute Gasteiger partial charge is 0.300 e. The zero-order valence-corrected chi connectivity index (χ0v) is 11.6. The second kappa shape index (κ2) is 4.71. The Balaban J connectivity index is 2.03. The molecule has 0 saturated heterocycles. The van der Waals surface area contributed by atoms with Crippen molar-refractivity contribution in [3.05, 3.63) is 60.2 Å². The SMILES string of the molecule is N#C[C@H]1C(=O)Nc2nc3ccccc3n2[C@@H]1c1ccccc1. The zero-order chi connectivity index (χ0) is 15.1. The lowest BCUT2D eigenvalue weighted by molar-refractivity contribution is -0.119. The molecule has 1 aliphatic heterocycles. The normalized spacial score (nSPS) is 20.2. The highest BCUT2D eigenvalue weighted by atomic mass is 16.2. The van der Waals surface area contributed by atoms with Crippen molar-refractivity contribution in [2.24, 2.45) is 5.92 Å². The first-order valence-corrected chi connectivity index (χ1v) is 7.02. The predicted molar refractivity (Wildman–Crippen MR) is 82.0 cm³/mol. The molecule has 2 atom stereocenters. The van der Waals surface area contributed by atoms with E-state index in [1.54, 1.807) is 0 Å². The minimum absolute atomic E-state index is 0.306. The second-order valence-electron chi connectivity index (χ2n) is 5.25. The summed E-state index contributed by atoms with van der Waals surface area (Å²) in [6.45, 7) is 0. The van der Waals surface area contributed by atoms with Crippen molar-refractivity contribution in [3.63, 3.8) is 0 Å². The minimum Gasteiger partial charge on any atom is -0.300 e. The molecule has 22 heavy (non-hydrogen) atoms. The van der Waals surface area contributed by atoms with Gasteiger partial charge in [-0.3, -0.25) is 10.1 Å².